The van der Waals surface area contributed by atoms with E-state index in [1.54, 1.807) is 0 Å². The molecule has 2 N–H and O–H groups in total. The van der Waals surface area contributed by atoms with Gasteiger partial charge in [0.1, 0.15) is 0 Å². The third-order valence-corrected chi connectivity index (χ3v) is 5.75. The van der Waals surface area contributed by atoms with E-state index in [1.807, 2.05) is 24.3 Å². The highest BCUT2D eigenvalue weighted by atomic mass is 79.9. The Labute approximate surface area is 154 Å². The second-order valence-corrected chi connectivity index (χ2v) is 8.06. The smallest absolute Gasteiger partial charge is 0.230 e. The molecule has 0 aliphatic heterocycles. The minimum atomic E-state index is 0.0636. The number of carbonyl (C=O) groups excluding carboxylic acids is 1. The lowest BCUT2D eigenvalue weighted by Gasteiger charge is -2.29. The topological polar surface area (TPSA) is 70.7 Å². The summed E-state index contributed by atoms with van der Waals surface area (Å²) in [6, 6.07) is 8.18. The first-order valence-electron chi connectivity index (χ1n) is 8.22. The van der Waals surface area contributed by atoms with Crippen LogP contribution in [0.4, 0.5) is 0 Å². The Morgan fingerprint density at radius 2 is 2.08 bits per heavy atom. The first-order chi connectivity index (χ1) is 11.6. The molecular formula is C17H21BrN4OS. The molecule has 0 saturated heterocycles. The van der Waals surface area contributed by atoms with E-state index in [4.69, 9.17) is 0 Å². The van der Waals surface area contributed by atoms with Crippen molar-refractivity contribution >= 4 is 33.6 Å². The minimum Gasteiger partial charge on any atom is -0.352 e. The van der Waals surface area contributed by atoms with Gasteiger partial charge in [0.2, 0.25) is 11.1 Å². The zero-order valence-electron chi connectivity index (χ0n) is 13.6. The Balaban J connectivity index is 1.51. The van der Waals surface area contributed by atoms with E-state index in [-0.39, 0.29) is 5.91 Å². The molecule has 0 bridgehead atoms. The van der Waals surface area contributed by atoms with Crippen LogP contribution in [0.2, 0.25) is 0 Å². The number of thioether (sulfide) groups is 1. The number of amides is 1. The maximum absolute atomic E-state index is 12.1. The average molecular weight is 409 g/mol. The van der Waals surface area contributed by atoms with Crippen molar-refractivity contribution < 1.29 is 4.79 Å². The van der Waals surface area contributed by atoms with Crippen molar-refractivity contribution in [1.29, 1.82) is 0 Å². The lowest BCUT2D eigenvalue weighted by atomic mass is 9.86. The van der Waals surface area contributed by atoms with Gasteiger partial charge < -0.3 is 5.32 Å². The molecule has 1 amide bonds. The Kier molecular flexibility index (Phi) is 5.94. The second-order valence-electron chi connectivity index (χ2n) is 6.20. The van der Waals surface area contributed by atoms with Gasteiger partial charge in [-0.1, -0.05) is 59.6 Å². The molecule has 1 heterocycles. The van der Waals surface area contributed by atoms with Gasteiger partial charge in [-0.3, -0.25) is 9.89 Å². The highest BCUT2D eigenvalue weighted by Crippen LogP contribution is 2.24. The van der Waals surface area contributed by atoms with Crippen LogP contribution >= 0.6 is 27.7 Å². The van der Waals surface area contributed by atoms with Gasteiger partial charge in [0.05, 0.1) is 5.75 Å². The predicted octanol–water partition coefficient (Wildman–Crippen LogP) is 4.02. The molecule has 0 radical (unpaired) electrons. The number of rotatable bonds is 5. The van der Waals surface area contributed by atoms with E-state index in [2.05, 4.69) is 43.4 Å². The Bertz CT molecular complexity index is 688. The van der Waals surface area contributed by atoms with Gasteiger partial charge in [-0.2, -0.15) is 0 Å². The highest BCUT2D eigenvalue weighted by molar-refractivity contribution is 9.10. The van der Waals surface area contributed by atoms with Gasteiger partial charge in [0.15, 0.2) is 5.82 Å². The van der Waals surface area contributed by atoms with Crippen LogP contribution in [-0.4, -0.2) is 32.9 Å². The highest BCUT2D eigenvalue weighted by Gasteiger charge is 2.22. The summed E-state index contributed by atoms with van der Waals surface area (Å²) in [5, 5.41) is 10.9. The summed E-state index contributed by atoms with van der Waals surface area (Å²) >= 11 is 4.78. The van der Waals surface area contributed by atoms with Crippen LogP contribution in [-0.2, 0) is 4.79 Å². The van der Waals surface area contributed by atoms with Gasteiger partial charge in [-0.25, -0.2) is 4.98 Å². The summed E-state index contributed by atoms with van der Waals surface area (Å²) in [6.45, 7) is 2.22. The van der Waals surface area contributed by atoms with Crippen molar-refractivity contribution in [3.05, 3.63) is 28.7 Å². The third kappa shape index (κ3) is 4.60. The fourth-order valence-corrected chi connectivity index (χ4v) is 3.83. The number of benzene rings is 1. The number of hydrogen-bond donors (Lipinski definition) is 2. The molecule has 3 rings (SSSR count). The van der Waals surface area contributed by atoms with E-state index < -0.39 is 0 Å². The van der Waals surface area contributed by atoms with Crippen molar-refractivity contribution in [2.45, 2.75) is 43.8 Å². The molecular weight excluding hydrogens is 388 g/mol. The van der Waals surface area contributed by atoms with E-state index in [1.165, 1.54) is 31.0 Å². The number of nitrogens with one attached hydrogen (secondary N) is 2. The molecule has 1 aromatic heterocycles. The number of aromatic amines is 1. The third-order valence-electron chi connectivity index (χ3n) is 4.37. The zero-order chi connectivity index (χ0) is 16.9. The van der Waals surface area contributed by atoms with Crippen LogP contribution in [0.5, 0.6) is 0 Å². The quantitative estimate of drug-likeness (QED) is 0.732. The monoisotopic (exact) mass is 408 g/mol. The summed E-state index contributed by atoms with van der Waals surface area (Å²) in [6.07, 6.45) is 4.78. The number of halogens is 1. The lowest BCUT2D eigenvalue weighted by molar-refractivity contribution is -0.119. The average Bonchev–Trinajstić information content (AvgIpc) is 3.05. The minimum absolute atomic E-state index is 0.0636. The number of aromatic nitrogens is 3. The van der Waals surface area contributed by atoms with E-state index in [0.717, 1.165) is 16.5 Å². The van der Waals surface area contributed by atoms with Gasteiger partial charge in [0.25, 0.3) is 0 Å². The normalized spacial score (nSPS) is 20.8. The van der Waals surface area contributed by atoms with Gasteiger partial charge >= 0.3 is 0 Å². The van der Waals surface area contributed by atoms with Crippen LogP contribution in [0.1, 0.15) is 32.6 Å². The van der Waals surface area contributed by atoms with E-state index in [0.29, 0.717) is 28.7 Å². The van der Waals surface area contributed by atoms with Crippen LogP contribution in [0.15, 0.2) is 33.9 Å². The molecule has 2 aromatic rings. The molecule has 1 aliphatic carbocycles. The Morgan fingerprint density at radius 1 is 1.33 bits per heavy atom. The summed E-state index contributed by atoms with van der Waals surface area (Å²) in [5.41, 5.74) is 0.970. The summed E-state index contributed by atoms with van der Waals surface area (Å²) in [7, 11) is 0. The number of nitrogens with zero attached hydrogens (tertiary/aromatic N) is 2. The maximum atomic E-state index is 12.1. The van der Waals surface area contributed by atoms with Crippen molar-refractivity contribution in [1.82, 2.24) is 20.5 Å². The van der Waals surface area contributed by atoms with Crippen LogP contribution in [0, 0.1) is 5.92 Å². The predicted molar refractivity (Wildman–Crippen MR) is 99.8 cm³/mol. The van der Waals surface area contributed by atoms with E-state index in [9.17, 15) is 4.79 Å². The standard InChI is InChI=1S/C17H21BrN4OS/c1-11-4-2-3-5-14(11)19-15(23)10-24-17-20-16(21-22-17)12-6-8-13(18)9-7-12/h6-9,11,14H,2-5,10H2,1H3,(H,19,23)(H,20,21,22)/t11-,14-/m1/s1. The number of hydrogen-bond acceptors (Lipinski definition) is 4. The fourth-order valence-electron chi connectivity index (χ4n) is 2.96. The van der Waals surface area contributed by atoms with Gasteiger partial charge in [-0.05, 0) is 30.9 Å². The summed E-state index contributed by atoms with van der Waals surface area (Å²) in [4.78, 5) is 16.6. The maximum Gasteiger partial charge on any atom is 0.230 e. The molecule has 24 heavy (non-hydrogen) atoms. The molecule has 1 aromatic carbocycles. The van der Waals surface area contributed by atoms with Crippen molar-refractivity contribution in [3.8, 4) is 11.4 Å². The van der Waals surface area contributed by atoms with Crippen LogP contribution in [0.3, 0.4) is 0 Å². The molecule has 5 nitrogen and oxygen atoms in total. The molecule has 2 atom stereocenters. The first kappa shape index (κ1) is 17.5. The second kappa shape index (κ2) is 8.16. The van der Waals surface area contributed by atoms with E-state index >= 15 is 0 Å². The fraction of sp³-hybridized carbons (Fsp3) is 0.471. The van der Waals surface area contributed by atoms with Gasteiger partial charge in [-0.15, -0.1) is 5.10 Å². The van der Waals surface area contributed by atoms with Crippen LogP contribution < -0.4 is 5.32 Å². The summed E-state index contributed by atoms with van der Waals surface area (Å²) in [5.74, 6) is 1.70. The zero-order valence-corrected chi connectivity index (χ0v) is 16.0. The first-order valence-corrected chi connectivity index (χ1v) is 10.00. The Hall–Kier alpha value is -1.34. The van der Waals surface area contributed by atoms with Gasteiger partial charge in [0, 0.05) is 16.1 Å². The van der Waals surface area contributed by atoms with Crippen molar-refractivity contribution in [2.24, 2.45) is 5.92 Å². The van der Waals surface area contributed by atoms with Crippen LogP contribution in [0.25, 0.3) is 11.4 Å². The molecule has 1 saturated carbocycles. The largest absolute Gasteiger partial charge is 0.352 e. The lowest BCUT2D eigenvalue weighted by Crippen LogP contribution is -2.41. The molecule has 128 valence electrons. The summed E-state index contributed by atoms with van der Waals surface area (Å²) < 4.78 is 1.02. The molecule has 1 fully saturated rings. The molecule has 7 heteroatoms. The van der Waals surface area contributed by atoms with Crippen molar-refractivity contribution in [3.63, 3.8) is 0 Å². The molecule has 0 unspecified atom stereocenters. The SMILES string of the molecule is C[C@@H]1CCCC[C@H]1NC(=O)CSc1n[nH]c(-c2ccc(Br)cc2)n1. The van der Waals surface area contributed by atoms with Crippen molar-refractivity contribution in [2.75, 3.05) is 5.75 Å². The number of H-pyrrole nitrogens is 1. The molecule has 0 spiro atoms. The Morgan fingerprint density at radius 3 is 2.83 bits per heavy atom. The number of carbonyl (C=O) groups is 1. The molecule has 1 aliphatic rings.